The number of aromatic nitrogens is 3. The van der Waals surface area contributed by atoms with Crippen molar-refractivity contribution in [3.05, 3.63) is 66.3 Å². The van der Waals surface area contributed by atoms with Crippen LogP contribution in [0.1, 0.15) is 24.1 Å². The smallest absolute Gasteiger partial charge is 0.212 e. The summed E-state index contributed by atoms with van der Waals surface area (Å²) in [4.78, 5) is 9.98. The van der Waals surface area contributed by atoms with Gasteiger partial charge in [0.1, 0.15) is 11.7 Å². The van der Waals surface area contributed by atoms with E-state index in [9.17, 15) is 14.8 Å². The molecular formula is C21H20FN5O. The number of anilines is 1. The highest BCUT2D eigenvalue weighted by molar-refractivity contribution is 5.82. The number of nitrogens with zero attached hydrogens (tertiary/aromatic N) is 5. The third-order valence-corrected chi connectivity index (χ3v) is 5.40. The molecule has 0 unspecified atom stereocenters. The van der Waals surface area contributed by atoms with E-state index in [2.05, 4.69) is 20.9 Å². The molecule has 7 heteroatoms. The van der Waals surface area contributed by atoms with Crippen LogP contribution in [-0.2, 0) is 12.6 Å². The summed E-state index contributed by atoms with van der Waals surface area (Å²) in [5.74, 6) is -0.541. The fraction of sp³-hybridized carbons (Fsp3) is 0.286. The van der Waals surface area contributed by atoms with Crippen molar-refractivity contribution in [2.75, 3.05) is 18.0 Å². The van der Waals surface area contributed by atoms with Crippen LogP contribution in [0.4, 0.5) is 10.1 Å². The average molecular weight is 377 g/mol. The maximum absolute atomic E-state index is 13.2. The van der Waals surface area contributed by atoms with Gasteiger partial charge in [-0.15, -0.1) is 0 Å². The van der Waals surface area contributed by atoms with Gasteiger partial charge in [-0.3, -0.25) is 0 Å². The second-order valence-corrected chi connectivity index (χ2v) is 7.09. The largest absolute Gasteiger partial charge is 0.383 e. The lowest BCUT2D eigenvalue weighted by atomic mass is 9.87. The van der Waals surface area contributed by atoms with Crippen LogP contribution in [0.3, 0.4) is 0 Å². The molecule has 3 heterocycles. The number of para-hydroxylation sites is 1. The van der Waals surface area contributed by atoms with Crippen molar-refractivity contribution in [1.82, 2.24) is 14.5 Å². The van der Waals surface area contributed by atoms with E-state index in [0.717, 1.165) is 22.5 Å². The lowest BCUT2D eigenvalue weighted by molar-refractivity contribution is 0.00504. The van der Waals surface area contributed by atoms with E-state index in [1.165, 1.54) is 12.3 Å². The van der Waals surface area contributed by atoms with Gasteiger partial charge in [0.05, 0.1) is 29.5 Å². The van der Waals surface area contributed by atoms with Gasteiger partial charge in [-0.25, -0.2) is 9.97 Å². The summed E-state index contributed by atoms with van der Waals surface area (Å²) in [7, 11) is 1.87. The number of hydrogen-bond acceptors (Lipinski definition) is 5. The second-order valence-electron chi connectivity index (χ2n) is 7.09. The minimum Gasteiger partial charge on any atom is -0.383 e. The molecule has 3 aromatic rings. The third kappa shape index (κ3) is 3.12. The van der Waals surface area contributed by atoms with Crippen LogP contribution in [0.5, 0.6) is 0 Å². The average Bonchev–Trinajstić information content (AvgIpc) is 3.15. The van der Waals surface area contributed by atoms with Gasteiger partial charge in [0.2, 0.25) is 5.95 Å². The molecule has 1 saturated heterocycles. The van der Waals surface area contributed by atoms with Gasteiger partial charge in [-0.1, -0.05) is 12.1 Å². The van der Waals surface area contributed by atoms with Crippen molar-refractivity contribution in [3.63, 3.8) is 0 Å². The molecule has 1 aliphatic heterocycles. The summed E-state index contributed by atoms with van der Waals surface area (Å²) in [6.45, 7) is 1.17. The Kier molecular flexibility index (Phi) is 4.57. The maximum Gasteiger partial charge on any atom is 0.212 e. The van der Waals surface area contributed by atoms with Crippen molar-refractivity contribution in [3.8, 4) is 17.2 Å². The van der Waals surface area contributed by atoms with Crippen molar-refractivity contribution >= 4 is 5.69 Å². The fourth-order valence-electron chi connectivity index (χ4n) is 3.90. The van der Waals surface area contributed by atoms with Gasteiger partial charge in [0, 0.05) is 37.5 Å². The number of pyridine rings is 1. The van der Waals surface area contributed by atoms with Crippen LogP contribution in [0.15, 0.2) is 49.1 Å². The summed E-state index contributed by atoms with van der Waals surface area (Å²) in [5, 5.41) is 20.8. The SMILES string of the molecule is Cn1cncc1C1(O)CCN(c2c(C#N)cccc2-c2ccc(F)nc2)CC1. The summed E-state index contributed by atoms with van der Waals surface area (Å²) in [5.41, 5.74) is 2.78. The predicted molar refractivity (Wildman–Crippen MR) is 103 cm³/mol. The molecule has 6 nitrogen and oxygen atoms in total. The normalized spacial score (nSPS) is 16.0. The minimum atomic E-state index is -0.944. The van der Waals surface area contributed by atoms with E-state index in [1.807, 2.05) is 23.7 Å². The number of aryl methyl sites for hydroxylation is 1. The number of aliphatic hydroxyl groups is 1. The van der Waals surface area contributed by atoms with Crippen LogP contribution in [0, 0.1) is 17.3 Å². The zero-order valence-electron chi connectivity index (χ0n) is 15.5. The Morgan fingerprint density at radius 3 is 2.57 bits per heavy atom. The summed E-state index contributed by atoms with van der Waals surface area (Å²) < 4.78 is 15.1. The zero-order chi connectivity index (χ0) is 19.7. The van der Waals surface area contributed by atoms with E-state index in [4.69, 9.17) is 0 Å². The third-order valence-electron chi connectivity index (χ3n) is 5.40. The van der Waals surface area contributed by atoms with E-state index >= 15 is 0 Å². The first kappa shape index (κ1) is 18.1. The topological polar surface area (TPSA) is 78.0 Å². The highest BCUT2D eigenvalue weighted by atomic mass is 19.1. The van der Waals surface area contributed by atoms with Gasteiger partial charge in [-0.2, -0.15) is 9.65 Å². The standard InChI is InChI=1S/C21H20FN5O/c1-26-14-24-13-18(26)21(28)7-9-27(10-8-21)20-15(11-23)3-2-4-17(20)16-5-6-19(22)25-12-16/h2-6,12-14,28H,7-10H2,1H3. The highest BCUT2D eigenvalue weighted by Crippen LogP contribution is 2.39. The lowest BCUT2D eigenvalue weighted by Crippen LogP contribution is -2.44. The molecule has 0 amide bonds. The molecule has 0 aliphatic carbocycles. The highest BCUT2D eigenvalue weighted by Gasteiger charge is 2.37. The van der Waals surface area contributed by atoms with Gasteiger partial charge in [0.25, 0.3) is 0 Å². The Labute approximate surface area is 162 Å². The van der Waals surface area contributed by atoms with Crippen LogP contribution >= 0.6 is 0 Å². The summed E-state index contributed by atoms with van der Waals surface area (Å²) in [6.07, 6.45) is 5.91. The van der Waals surface area contributed by atoms with E-state index < -0.39 is 11.5 Å². The van der Waals surface area contributed by atoms with Crippen LogP contribution < -0.4 is 4.90 Å². The van der Waals surface area contributed by atoms with E-state index in [1.54, 1.807) is 24.7 Å². The monoisotopic (exact) mass is 377 g/mol. The molecule has 4 rings (SSSR count). The lowest BCUT2D eigenvalue weighted by Gasteiger charge is -2.40. The predicted octanol–water partition coefficient (Wildman–Crippen LogP) is 2.98. The molecule has 0 atom stereocenters. The Balaban J connectivity index is 1.68. The van der Waals surface area contributed by atoms with Crippen molar-refractivity contribution in [2.24, 2.45) is 7.05 Å². The number of hydrogen-bond donors (Lipinski definition) is 1. The molecule has 0 bridgehead atoms. The number of rotatable bonds is 3. The van der Waals surface area contributed by atoms with Gasteiger partial charge < -0.3 is 14.6 Å². The Hall–Kier alpha value is -3.24. The number of nitriles is 1. The van der Waals surface area contributed by atoms with Gasteiger partial charge >= 0.3 is 0 Å². The zero-order valence-corrected chi connectivity index (χ0v) is 15.5. The fourth-order valence-corrected chi connectivity index (χ4v) is 3.90. The molecular weight excluding hydrogens is 357 g/mol. The first-order chi connectivity index (χ1) is 13.5. The molecule has 1 fully saturated rings. The number of piperidine rings is 1. The number of halogens is 1. The van der Waals surface area contributed by atoms with Gasteiger partial charge in [0.15, 0.2) is 0 Å². The first-order valence-electron chi connectivity index (χ1n) is 9.11. The molecule has 1 N–H and O–H groups in total. The molecule has 2 aromatic heterocycles. The summed E-state index contributed by atoms with van der Waals surface area (Å²) >= 11 is 0. The Bertz CT molecular complexity index is 1030. The molecule has 28 heavy (non-hydrogen) atoms. The number of benzene rings is 1. The molecule has 0 radical (unpaired) electrons. The summed E-state index contributed by atoms with van der Waals surface area (Å²) in [6, 6.07) is 10.7. The van der Waals surface area contributed by atoms with E-state index in [-0.39, 0.29) is 0 Å². The quantitative estimate of drug-likeness (QED) is 0.710. The van der Waals surface area contributed by atoms with Crippen LogP contribution in [0.25, 0.3) is 11.1 Å². The molecule has 0 saturated carbocycles. The van der Waals surface area contributed by atoms with Crippen LogP contribution in [-0.4, -0.2) is 32.7 Å². The first-order valence-corrected chi connectivity index (χ1v) is 9.11. The molecule has 0 spiro atoms. The van der Waals surface area contributed by atoms with Crippen molar-refractivity contribution < 1.29 is 9.50 Å². The Morgan fingerprint density at radius 1 is 1.18 bits per heavy atom. The number of imidazole rings is 1. The minimum absolute atomic E-state index is 0.521. The van der Waals surface area contributed by atoms with Crippen molar-refractivity contribution in [1.29, 1.82) is 5.26 Å². The Morgan fingerprint density at radius 2 is 1.96 bits per heavy atom. The second kappa shape index (κ2) is 7.06. The molecule has 1 aliphatic rings. The van der Waals surface area contributed by atoms with Crippen LogP contribution in [0.2, 0.25) is 0 Å². The molecule has 142 valence electrons. The van der Waals surface area contributed by atoms with Crippen molar-refractivity contribution in [2.45, 2.75) is 18.4 Å². The molecule has 1 aromatic carbocycles. The van der Waals surface area contributed by atoms with Gasteiger partial charge in [-0.05, 0) is 31.0 Å². The maximum atomic E-state index is 13.2. The van der Waals surface area contributed by atoms with E-state index in [0.29, 0.717) is 31.5 Å².